The largest absolute Gasteiger partial charge is 0.377 e. The molecule has 0 aromatic carbocycles. The van der Waals surface area contributed by atoms with Gasteiger partial charge in [-0.05, 0) is 32.6 Å². The van der Waals surface area contributed by atoms with Gasteiger partial charge >= 0.3 is 6.03 Å². The molecule has 4 atom stereocenters. The lowest BCUT2D eigenvalue weighted by Crippen LogP contribution is -2.70. The van der Waals surface area contributed by atoms with Crippen LogP contribution in [0.4, 0.5) is 4.79 Å². The summed E-state index contributed by atoms with van der Waals surface area (Å²) < 4.78 is 5.91. The smallest absolute Gasteiger partial charge is 0.315 e. The summed E-state index contributed by atoms with van der Waals surface area (Å²) in [6.07, 6.45) is 5.04. The summed E-state index contributed by atoms with van der Waals surface area (Å²) in [5, 5.41) is 9.55. The predicted octanol–water partition coefficient (Wildman–Crippen LogP) is 3.58. The number of fused-ring (bicyclic) bond motifs is 1. The quantitative estimate of drug-likeness (QED) is 0.873. The zero-order chi connectivity index (χ0) is 16.9. The molecule has 3 fully saturated rings. The van der Waals surface area contributed by atoms with Gasteiger partial charge in [0.15, 0.2) is 0 Å². The maximum atomic E-state index is 12.5. The van der Waals surface area contributed by atoms with E-state index in [0.29, 0.717) is 11.8 Å². The molecule has 6 heteroatoms. The van der Waals surface area contributed by atoms with Crippen LogP contribution in [0.25, 0.3) is 0 Å². The number of nitrogens with one attached hydrogen (secondary N) is 2. The molecule has 0 radical (unpaired) electrons. The van der Waals surface area contributed by atoms with E-state index in [9.17, 15) is 4.79 Å². The molecule has 2 N–H and O–H groups in total. The van der Waals surface area contributed by atoms with Gasteiger partial charge in [0.2, 0.25) is 0 Å². The second kappa shape index (κ2) is 5.99. The number of amides is 2. The molecule has 1 aliphatic heterocycles. The molecule has 2 amide bonds. The Bertz CT molecular complexity index is 626. The van der Waals surface area contributed by atoms with Crippen LogP contribution in [0.5, 0.6) is 0 Å². The number of hydrogen-bond donors (Lipinski definition) is 2. The average molecular weight is 350 g/mol. The first-order valence-corrected chi connectivity index (χ1v) is 9.98. The van der Waals surface area contributed by atoms with Gasteiger partial charge in [-0.1, -0.05) is 13.8 Å². The molecule has 1 saturated heterocycles. The molecule has 0 unspecified atom stereocenters. The predicted molar refractivity (Wildman–Crippen MR) is 94.2 cm³/mol. The first kappa shape index (κ1) is 16.3. The second-order valence-electron chi connectivity index (χ2n) is 8.12. The summed E-state index contributed by atoms with van der Waals surface area (Å²) in [4.78, 5) is 17.1. The summed E-state index contributed by atoms with van der Waals surface area (Å²) in [5.41, 5.74) is 0.981. The molecule has 2 saturated carbocycles. The van der Waals surface area contributed by atoms with E-state index in [-0.39, 0.29) is 29.6 Å². The lowest BCUT2D eigenvalue weighted by molar-refractivity contribution is -0.189. The van der Waals surface area contributed by atoms with Gasteiger partial charge in [0.05, 0.1) is 22.8 Å². The molecule has 2 heterocycles. The molecule has 4 rings (SSSR count). The highest BCUT2D eigenvalue weighted by atomic mass is 32.1. The Labute approximate surface area is 147 Å². The molecule has 3 aliphatic rings. The van der Waals surface area contributed by atoms with Crippen LogP contribution in [0.1, 0.15) is 69.1 Å². The van der Waals surface area contributed by atoms with Crippen molar-refractivity contribution in [1.82, 2.24) is 15.6 Å². The topological polar surface area (TPSA) is 63.2 Å². The van der Waals surface area contributed by atoms with Crippen LogP contribution in [0, 0.1) is 11.3 Å². The van der Waals surface area contributed by atoms with Crippen LogP contribution >= 0.6 is 11.3 Å². The van der Waals surface area contributed by atoms with Crippen molar-refractivity contribution in [2.75, 3.05) is 6.61 Å². The van der Waals surface area contributed by atoms with Gasteiger partial charge in [0.1, 0.15) is 0 Å². The monoisotopic (exact) mass is 349 g/mol. The minimum absolute atomic E-state index is 0.00540. The molecule has 5 nitrogen and oxygen atoms in total. The molecule has 0 spiro atoms. The van der Waals surface area contributed by atoms with Gasteiger partial charge in [-0.3, -0.25) is 0 Å². The molecule has 1 aromatic rings. The Morgan fingerprint density at radius 3 is 2.96 bits per heavy atom. The Balaban J connectivity index is 1.34. The van der Waals surface area contributed by atoms with Crippen molar-refractivity contribution in [1.29, 1.82) is 0 Å². The lowest BCUT2D eigenvalue weighted by Gasteiger charge is -2.59. The van der Waals surface area contributed by atoms with Crippen molar-refractivity contribution in [2.45, 2.75) is 70.6 Å². The van der Waals surface area contributed by atoms with E-state index in [2.05, 4.69) is 34.8 Å². The van der Waals surface area contributed by atoms with Gasteiger partial charge in [0, 0.05) is 35.3 Å². The Morgan fingerprint density at radius 2 is 2.21 bits per heavy atom. The zero-order valence-electron chi connectivity index (χ0n) is 14.7. The van der Waals surface area contributed by atoms with Gasteiger partial charge < -0.3 is 15.4 Å². The van der Waals surface area contributed by atoms with Gasteiger partial charge in [-0.25, -0.2) is 9.78 Å². The Morgan fingerprint density at radius 1 is 1.42 bits per heavy atom. The number of hydrogen-bond acceptors (Lipinski definition) is 4. The van der Waals surface area contributed by atoms with Crippen LogP contribution in [-0.4, -0.2) is 29.8 Å². The van der Waals surface area contributed by atoms with Crippen molar-refractivity contribution in [2.24, 2.45) is 11.3 Å². The van der Waals surface area contributed by atoms with E-state index >= 15 is 0 Å². The van der Waals surface area contributed by atoms with Crippen molar-refractivity contribution in [3.05, 3.63) is 16.1 Å². The molecule has 0 bridgehead atoms. The van der Waals surface area contributed by atoms with E-state index in [1.165, 1.54) is 17.8 Å². The third-order valence-electron chi connectivity index (χ3n) is 5.88. The molecule has 24 heavy (non-hydrogen) atoms. The number of nitrogens with zero attached hydrogens (tertiary/aromatic N) is 1. The van der Waals surface area contributed by atoms with E-state index in [1.54, 1.807) is 11.3 Å². The first-order chi connectivity index (χ1) is 11.5. The second-order valence-corrected chi connectivity index (χ2v) is 9.01. The highest BCUT2D eigenvalue weighted by Gasteiger charge is 2.58. The number of ether oxygens (including phenoxy) is 1. The van der Waals surface area contributed by atoms with Gasteiger partial charge in [-0.2, -0.15) is 0 Å². The molecule has 2 aliphatic carbocycles. The van der Waals surface area contributed by atoms with Crippen molar-refractivity contribution < 1.29 is 9.53 Å². The van der Waals surface area contributed by atoms with Crippen molar-refractivity contribution in [3.63, 3.8) is 0 Å². The van der Waals surface area contributed by atoms with E-state index in [0.717, 1.165) is 25.1 Å². The molecular weight excluding hydrogens is 322 g/mol. The highest BCUT2D eigenvalue weighted by Crippen LogP contribution is 2.51. The first-order valence-electron chi connectivity index (χ1n) is 9.11. The maximum absolute atomic E-state index is 12.5. The molecule has 1 aromatic heterocycles. The number of carbonyl (C=O) groups is 1. The van der Waals surface area contributed by atoms with Crippen LogP contribution in [0.3, 0.4) is 0 Å². The van der Waals surface area contributed by atoms with Crippen molar-refractivity contribution >= 4 is 17.4 Å². The summed E-state index contributed by atoms with van der Waals surface area (Å²) >= 11 is 1.72. The van der Waals surface area contributed by atoms with Crippen LogP contribution < -0.4 is 10.6 Å². The number of rotatable bonds is 4. The van der Waals surface area contributed by atoms with Crippen LogP contribution in [0.15, 0.2) is 5.38 Å². The third kappa shape index (κ3) is 2.84. The van der Waals surface area contributed by atoms with E-state index < -0.39 is 0 Å². The fourth-order valence-electron chi connectivity index (χ4n) is 4.29. The number of thiazole rings is 1. The third-order valence-corrected chi connectivity index (χ3v) is 6.90. The normalized spacial score (nSPS) is 32.4. The lowest BCUT2D eigenvalue weighted by atomic mass is 9.55. The summed E-state index contributed by atoms with van der Waals surface area (Å²) in [6.45, 7) is 7.24. The average Bonchev–Trinajstić information content (AvgIpc) is 3.29. The number of aromatic nitrogens is 1. The zero-order valence-corrected chi connectivity index (χ0v) is 15.5. The van der Waals surface area contributed by atoms with Crippen LogP contribution in [0.2, 0.25) is 0 Å². The highest BCUT2D eigenvalue weighted by molar-refractivity contribution is 7.09. The standard InChI is InChI=1S/C18H27N3O2S/c1-10(13-9-24-16(20-13)11-6-7-11)19-17(22)21-14-12-5-4-8-23-15(12)18(14,2)3/h9-12,14-15H,4-8H2,1-3H3,(H2,19,21,22)/t10-,12+,14+,15+/m0/s1. The molecule has 132 valence electrons. The Kier molecular flexibility index (Phi) is 4.07. The minimum atomic E-state index is -0.0921. The Hall–Kier alpha value is -1.14. The SMILES string of the molecule is C[C@H](NC(=O)N[C@@H]1[C@H]2CCCO[C@H]2C1(C)C)c1csc(C2CC2)n1. The minimum Gasteiger partial charge on any atom is -0.377 e. The van der Waals surface area contributed by atoms with Gasteiger partial charge in [0.25, 0.3) is 0 Å². The summed E-state index contributed by atoms with van der Waals surface area (Å²) in [7, 11) is 0. The van der Waals surface area contributed by atoms with Crippen LogP contribution in [-0.2, 0) is 4.74 Å². The van der Waals surface area contributed by atoms with E-state index in [1.807, 2.05) is 6.92 Å². The summed E-state index contributed by atoms with van der Waals surface area (Å²) in [6, 6.07) is 0.0355. The van der Waals surface area contributed by atoms with Gasteiger partial charge in [-0.15, -0.1) is 11.3 Å². The number of urea groups is 1. The molecular formula is C18H27N3O2S. The van der Waals surface area contributed by atoms with Crippen molar-refractivity contribution in [3.8, 4) is 0 Å². The number of carbonyl (C=O) groups excluding carboxylic acids is 1. The fraction of sp³-hybridized carbons (Fsp3) is 0.778. The maximum Gasteiger partial charge on any atom is 0.315 e. The van der Waals surface area contributed by atoms with E-state index in [4.69, 9.17) is 4.74 Å². The summed E-state index contributed by atoms with van der Waals surface area (Å²) in [5.74, 6) is 1.12. The fourth-order valence-corrected chi connectivity index (χ4v) is 5.37.